The Morgan fingerprint density at radius 3 is 2.33 bits per heavy atom. The van der Waals surface area contributed by atoms with Crippen LogP contribution in [-0.2, 0) is 20.1 Å². The summed E-state index contributed by atoms with van der Waals surface area (Å²) < 4.78 is 7.37. The molecule has 0 saturated carbocycles. The van der Waals surface area contributed by atoms with Gasteiger partial charge in [-0.25, -0.2) is 4.68 Å². The fourth-order valence-electron chi connectivity index (χ4n) is 3.52. The Hall–Kier alpha value is -1.85. The number of nitrogens with zero attached hydrogens (tertiary/aromatic N) is 4. The van der Waals surface area contributed by atoms with E-state index in [9.17, 15) is 0 Å². The van der Waals surface area contributed by atoms with Gasteiger partial charge < -0.3 is 4.74 Å². The second kappa shape index (κ2) is 7.81. The zero-order valence-electron chi connectivity index (χ0n) is 15.0. The zero-order chi connectivity index (χ0) is 16.9. The van der Waals surface area contributed by atoms with E-state index in [1.807, 2.05) is 11.7 Å². The number of aromatic nitrogens is 2. The van der Waals surface area contributed by atoms with E-state index >= 15 is 0 Å². The number of benzene rings is 1. The number of aryl methyl sites for hydroxylation is 2. The first kappa shape index (κ1) is 17.0. The predicted octanol–water partition coefficient (Wildman–Crippen LogP) is 2.45. The zero-order valence-corrected chi connectivity index (χ0v) is 15.0. The number of hydrogen-bond donors (Lipinski definition) is 0. The highest BCUT2D eigenvalue weighted by atomic mass is 16.5. The lowest BCUT2D eigenvalue weighted by Crippen LogP contribution is -2.30. The molecule has 1 aliphatic rings. The van der Waals surface area contributed by atoms with Gasteiger partial charge in [0.15, 0.2) is 0 Å². The van der Waals surface area contributed by atoms with Crippen LogP contribution in [0.5, 0.6) is 5.88 Å². The van der Waals surface area contributed by atoms with E-state index in [1.165, 1.54) is 17.5 Å². The van der Waals surface area contributed by atoms with Crippen LogP contribution in [0.25, 0.3) is 0 Å². The smallest absolute Gasteiger partial charge is 0.216 e. The highest BCUT2D eigenvalue weighted by molar-refractivity contribution is 5.30. The van der Waals surface area contributed by atoms with Crippen LogP contribution in [0.1, 0.15) is 23.2 Å². The molecular weight excluding hydrogens is 300 g/mol. The lowest BCUT2D eigenvalue weighted by molar-refractivity contribution is 0.244. The molecule has 0 atom stereocenters. The first-order chi connectivity index (χ1) is 11.7. The summed E-state index contributed by atoms with van der Waals surface area (Å²) in [4.78, 5) is 5.08. The molecule has 0 unspecified atom stereocenters. The third kappa shape index (κ3) is 3.97. The summed E-state index contributed by atoms with van der Waals surface area (Å²) in [6, 6.07) is 10.8. The summed E-state index contributed by atoms with van der Waals surface area (Å²) in [5, 5.41) is 4.50. The third-order valence-corrected chi connectivity index (χ3v) is 4.79. The van der Waals surface area contributed by atoms with Crippen LogP contribution in [0.2, 0.25) is 0 Å². The van der Waals surface area contributed by atoms with Crippen molar-refractivity contribution in [2.24, 2.45) is 7.05 Å². The van der Waals surface area contributed by atoms with Crippen LogP contribution < -0.4 is 4.74 Å². The maximum absolute atomic E-state index is 5.53. The SMILES string of the molecule is COc1c(CN2CCCN(Cc3ccccc3)CC2)c(C)nn1C. The van der Waals surface area contributed by atoms with Crippen LogP contribution in [0.4, 0.5) is 0 Å². The van der Waals surface area contributed by atoms with Crippen LogP contribution in [0, 0.1) is 6.92 Å². The fourth-order valence-corrected chi connectivity index (χ4v) is 3.52. The molecule has 0 aliphatic carbocycles. The summed E-state index contributed by atoms with van der Waals surface area (Å²) in [5.74, 6) is 0.887. The van der Waals surface area contributed by atoms with Crippen molar-refractivity contribution in [3.63, 3.8) is 0 Å². The Balaban J connectivity index is 1.60. The molecule has 0 radical (unpaired) electrons. The number of rotatable bonds is 5. The lowest BCUT2D eigenvalue weighted by atomic mass is 10.2. The standard InChI is InChI=1S/C19H28N4O/c1-16-18(19(24-3)21(2)20-16)15-23-11-7-10-22(12-13-23)14-17-8-5-4-6-9-17/h4-6,8-9H,7,10-15H2,1-3H3. The van der Waals surface area contributed by atoms with Crippen molar-refractivity contribution in [1.82, 2.24) is 19.6 Å². The van der Waals surface area contributed by atoms with Gasteiger partial charge in [0.05, 0.1) is 18.4 Å². The van der Waals surface area contributed by atoms with Crippen molar-refractivity contribution >= 4 is 0 Å². The van der Waals surface area contributed by atoms with Gasteiger partial charge in [-0.05, 0) is 32.0 Å². The maximum Gasteiger partial charge on any atom is 0.216 e. The summed E-state index contributed by atoms with van der Waals surface area (Å²) in [7, 11) is 3.67. The molecule has 1 fully saturated rings. The van der Waals surface area contributed by atoms with Gasteiger partial charge in [0, 0.05) is 33.2 Å². The van der Waals surface area contributed by atoms with Gasteiger partial charge in [-0.15, -0.1) is 0 Å². The van der Waals surface area contributed by atoms with Crippen LogP contribution >= 0.6 is 0 Å². The van der Waals surface area contributed by atoms with E-state index in [4.69, 9.17) is 4.74 Å². The van der Waals surface area contributed by atoms with Crippen molar-refractivity contribution in [1.29, 1.82) is 0 Å². The predicted molar refractivity (Wildman–Crippen MR) is 96.1 cm³/mol. The minimum Gasteiger partial charge on any atom is -0.481 e. The Kier molecular flexibility index (Phi) is 5.53. The molecule has 5 nitrogen and oxygen atoms in total. The molecule has 24 heavy (non-hydrogen) atoms. The van der Waals surface area contributed by atoms with Gasteiger partial charge in [0.1, 0.15) is 0 Å². The first-order valence-corrected chi connectivity index (χ1v) is 8.72. The largest absolute Gasteiger partial charge is 0.481 e. The molecule has 1 aromatic carbocycles. The molecule has 130 valence electrons. The summed E-state index contributed by atoms with van der Waals surface area (Å²) >= 11 is 0. The monoisotopic (exact) mass is 328 g/mol. The second-order valence-corrected chi connectivity index (χ2v) is 6.59. The average molecular weight is 328 g/mol. The second-order valence-electron chi connectivity index (χ2n) is 6.59. The number of hydrogen-bond acceptors (Lipinski definition) is 4. The molecule has 1 saturated heterocycles. The van der Waals surface area contributed by atoms with Gasteiger partial charge >= 0.3 is 0 Å². The lowest BCUT2D eigenvalue weighted by Gasteiger charge is -2.22. The topological polar surface area (TPSA) is 33.5 Å². The molecule has 1 aliphatic heterocycles. The Morgan fingerprint density at radius 2 is 1.67 bits per heavy atom. The molecule has 0 amide bonds. The minimum atomic E-state index is 0.887. The van der Waals surface area contributed by atoms with Crippen molar-refractivity contribution < 1.29 is 4.74 Å². The molecule has 0 bridgehead atoms. The van der Waals surface area contributed by atoms with E-state index in [0.717, 1.165) is 50.8 Å². The van der Waals surface area contributed by atoms with E-state index in [1.54, 1.807) is 7.11 Å². The van der Waals surface area contributed by atoms with E-state index in [2.05, 4.69) is 52.2 Å². The normalized spacial score (nSPS) is 17.0. The molecule has 3 rings (SSSR count). The van der Waals surface area contributed by atoms with Crippen LogP contribution in [-0.4, -0.2) is 52.9 Å². The number of methoxy groups -OCH3 is 1. The fraction of sp³-hybridized carbons (Fsp3) is 0.526. The molecule has 2 heterocycles. The molecule has 5 heteroatoms. The van der Waals surface area contributed by atoms with Gasteiger partial charge in [-0.2, -0.15) is 5.10 Å². The third-order valence-electron chi connectivity index (χ3n) is 4.79. The highest BCUT2D eigenvalue weighted by Crippen LogP contribution is 2.23. The van der Waals surface area contributed by atoms with Gasteiger partial charge in [0.25, 0.3) is 0 Å². The average Bonchev–Trinajstić information content (AvgIpc) is 2.74. The summed E-state index contributed by atoms with van der Waals surface area (Å²) in [6.45, 7) is 8.52. The van der Waals surface area contributed by atoms with Gasteiger partial charge in [-0.1, -0.05) is 30.3 Å². The Morgan fingerprint density at radius 1 is 1.00 bits per heavy atom. The molecule has 2 aromatic rings. The molecule has 0 N–H and O–H groups in total. The van der Waals surface area contributed by atoms with Crippen molar-refractivity contribution in [2.75, 3.05) is 33.3 Å². The van der Waals surface area contributed by atoms with E-state index < -0.39 is 0 Å². The highest BCUT2D eigenvalue weighted by Gasteiger charge is 2.20. The quantitative estimate of drug-likeness (QED) is 0.844. The first-order valence-electron chi connectivity index (χ1n) is 8.72. The van der Waals surface area contributed by atoms with Crippen LogP contribution in [0.15, 0.2) is 30.3 Å². The van der Waals surface area contributed by atoms with E-state index in [-0.39, 0.29) is 0 Å². The Bertz CT molecular complexity index is 653. The molecule has 0 spiro atoms. The number of ether oxygens (including phenoxy) is 1. The van der Waals surface area contributed by atoms with Crippen LogP contribution in [0.3, 0.4) is 0 Å². The molecule has 1 aromatic heterocycles. The minimum absolute atomic E-state index is 0.887. The van der Waals surface area contributed by atoms with E-state index in [0.29, 0.717) is 0 Å². The summed E-state index contributed by atoms with van der Waals surface area (Å²) in [6.07, 6.45) is 1.20. The van der Waals surface area contributed by atoms with Crippen molar-refractivity contribution in [3.8, 4) is 5.88 Å². The van der Waals surface area contributed by atoms with Crippen molar-refractivity contribution in [3.05, 3.63) is 47.2 Å². The maximum atomic E-state index is 5.53. The van der Waals surface area contributed by atoms with Gasteiger partial charge in [0.2, 0.25) is 5.88 Å². The summed E-state index contributed by atoms with van der Waals surface area (Å²) in [5.41, 5.74) is 3.69. The molecular formula is C19H28N4O. The van der Waals surface area contributed by atoms with Gasteiger partial charge in [-0.3, -0.25) is 9.80 Å². The Labute approximate surface area is 144 Å². The van der Waals surface area contributed by atoms with Crippen molar-refractivity contribution in [2.45, 2.75) is 26.4 Å².